The molecule has 2 rings (SSSR count). The molecule has 3 heteroatoms. The van der Waals surface area contributed by atoms with E-state index in [1.165, 1.54) is 6.08 Å². The molecule has 1 N–H and O–H groups in total. The number of hydrogen-bond acceptors (Lipinski definition) is 3. The van der Waals surface area contributed by atoms with Crippen LogP contribution in [0.15, 0.2) is 17.4 Å². The summed E-state index contributed by atoms with van der Waals surface area (Å²) in [6.07, 6.45) is 7.21. The van der Waals surface area contributed by atoms with E-state index < -0.39 is 5.60 Å². The third-order valence-electron chi connectivity index (χ3n) is 4.57. The molecule has 0 spiro atoms. The molecule has 2 saturated carbocycles. The van der Waals surface area contributed by atoms with Crippen LogP contribution >= 0.6 is 0 Å². The lowest BCUT2D eigenvalue weighted by Crippen LogP contribution is -2.46. The number of carbonyl (C=O) groups is 1. The summed E-state index contributed by atoms with van der Waals surface area (Å²) in [6, 6.07) is 0. The lowest BCUT2D eigenvalue weighted by Gasteiger charge is -2.44. The molecule has 0 aromatic carbocycles. The van der Waals surface area contributed by atoms with Crippen LogP contribution in [-0.2, 0) is 9.53 Å². The van der Waals surface area contributed by atoms with Gasteiger partial charge in [-0.3, -0.25) is 0 Å². The molecule has 100 valence electrons. The Hall–Kier alpha value is -1.05. The van der Waals surface area contributed by atoms with Crippen molar-refractivity contribution in [2.24, 2.45) is 5.41 Å². The van der Waals surface area contributed by atoms with Gasteiger partial charge >= 0.3 is 5.97 Å². The Morgan fingerprint density at radius 2 is 2.17 bits per heavy atom. The number of esters is 1. The molecule has 0 saturated heterocycles. The summed E-state index contributed by atoms with van der Waals surface area (Å²) in [7, 11) is 0. The molecule has 2 atom stereocenters. The Morgan fingerprint density at radius 3 is 2.89 bits per heavy atom. The van der Waals surface area contributed by atoms with E-state index in [2.05, 4.69) is 12.7 Å². The van der Waals surface area contributed by atoms with Gasteiger partial charge in [-0.25, -0.2) is 4.79 Å². The van der Waals surface area contributed by atoms with Gasteiger partial charge in [0, 0.05) is 11.0 Å². The number of fused-ring (bicyclic) bond motifs is 1. The summed E-state index contributed by atoms with van der Waals surface area (Å²) in [5, 5.41) is 10.9. The van der Waals surface area contributed by atoms with Crippen LogP contribution in [0.2, 0.25) is 0 Å². The SMILES string of the molecule is CCOC(=O)C=C=C1CCC[C@]2(C)CCC[C@]12O. The van der Waals surface area contributed by atoms with Crippen LogP contribution in [0.1, 0.15) is 52.4 Å². The Labute approximate surface area is 109 Å². The predicted octanol–water partition coefficient (Wildman–Crippen LogP) is 2.74. The van der Waals surface area contributed by atoms with Crippen molar-refractivity contribution in [2.45, 2.75) is 58.0 Å². The van der Waals surface area contributed by atoms with Gasteiger partial charge in [0.15, 0.2) is 0 Å². The molecule has 0 bridgehead atoms. The molecule has 0 radical (unpaired) electrons. The molecule has 18 heavy (non-hydrogen) atoms. The minimum Gasteiger partial charge on any atom is -0.462 e. The van der Waals surface area contributed by atoms with Crippen molar-refractivity contribution in [3.05, 3.63) is 17.4 Å². The first-order valence-corrected chi connectivity index (χ1v) is 6.87. The molecule has 2 aliphatic carbocycles. The minimum absolute atomic E-state index is 0.0317. The Balaban J connectivity index is 2.27. The monoisotopic (exact) mass is 250 g/mol. The largest absolute Gasteiger partial charge is 0.462 e. The van der Waals surface area contributed by atoms with Crippen LogP contribution in [0.3, 0.4) is 0 Å². The third kappa shape index (κ3) is 2.13. The van der Waals surface area contributed by atoms with Gasteiger partial charge < -0.3 is 9.84 Å². The lowest BCUT2D eigenvalue weighted by molar-refractivity contribution is -0.137. The normalized spacial score (nSPS) is 34.7. The summed E-state index contributed by atoms with van der Waals surface area (Å²) < 4.78 is 4.85. The third-order valence-corrected chi connectivity index (χ3v) is 4.57. The highest BCUT2D eigenvalue weighted by molar-refractivity contribution is 5.81. The quantitative estimate of drug-likeness (QED) is 0.465. The number of carbonyl (C=O) groups excluding carboxylic acids is 1. The van der Waals surface area contributed by atoms with Gasteiger partial charge in [0.1, 0.15) is 0 Å². The smallest absolute Gasteiger partial charge is 0.338 e. The highest BCUT2D eigenvalue weighted by Gasteiger charge is 2.54. The molecule has 0 unspecified atom stereocenters. The van der Waals surface area contributed by atoms with Gasteiger partial charge in [-0.1, -0.05) is 6.92 Å². The first kappa shape index (κ1) is 13.4. The maximum atomic E-state index is 11.3. The van der Waals surface area contributed by atoms with Gasteiger partial charge in [-0.2, -0.15) is 0 Å². The zero-order valence-corrected chi connectivity index (χ0v) is 11.3. The number of rotatable bonds is 2. The van der Waals surface area contributed by atoms with Crippen molar-refractivity contribution < 1.29 is 14.6 Å². The lowest BCUT2D eigenvalue weighted by atomic mass is 9.64. The number of hydrogen-bond donors (Lipinski definition) is 1. The van der Waals surface area contributed by atoms with Gasteiger partial charge in [-0.15, -0.1) is 5.73 Å². The molecular formula is C15H22O3. The van der Waals surface area contributed by atoms with Crippen molar-refractivity contribution in [2.75, 3.05) is 6.61 Å². The van der Waals surface area contributed by atoms with Crippen molar-refractivity contribution >= 4 is 5.97 Å². The summed E-state index contributed by atoms with van der Waals surface area (Å²) in [6.45, 7) is 4.31. The van der Waals surface area contributed by atoms with E-state index in [1.54, 1.807) is 6.92 Å². The zero-order chi connectivity index (χ0) is 13.2. The number of ether oxygens (including phenoxy) is 1. The maximum Gasteiger partial charge on any atom is 0.338 e. The number of aliphatic hydroxyl groups is 1. The van der Waals surface area contributed by atoms with Gasteiger partial charge in [0.2, 0.25) is 0 Å². The fourth-order valence-electron chi connectivity index (χ4n) is 3.47. The van der Waals surface area contributed by atoms with Crippen LogP contribution in [0.25, 0.3) is 0 Å². The standard InChI is InChI=1S/C15H22O3/c1-3-18-13(16)8-7-12-6-4-9-14(2)10-5-11-15(12,14)17/h8,17H,3-6,9-11H2,1-2H3/t7?,14-,15+/m1/s1. The van der Waals surface area contributed by atoms with Crippen molar-refractivity contribution in [3.63, 3.8) is 0 Å². The first-order valence-electron chi connectivity index (χ1n) is 6.87. The van der Waals surface area contributed by atoms with Crippen LogP contribution in [-0.4, -0.2) is 23.3 Å². The summed E-state index contributed by atoms with van der Waals surface area (Å²) in [5.41, 5.74) is 3.11. The van der Waals surface area contributed by atoms with E-state index in [0.29, 0.717) is 6.61 Å². The summed E-state index contributed by atoms with van der Waals surface area (Å²) in [4.78, 5) is 11.3. The summed E-state index contributed by atoms with van der Waals surface area (Å²) in [5.74, 6) is -0.376. The highest BCUT2D eigenvalue weighted by atomic mass is 16.5. The van der Waals surface area contributed by atoms with E-state index in [4.69, 9.17) is 4.74 Å². The van der Waals surface area contributed by atoms with E-state index in [0.717, 1.165) is 44.1 Å². The van der Waals surface area contributed by atoms with Crippen molar-refractivity contribution in [1.82, 2.24) is 0 Å². The molecule has 2 fully saturated rings. The van der Waals surface area contributed by atoms with E-state index >= 15 is 0 Å². The minimum atomic E-state index is -0.756. The second kappa shape index (κ2) is 4.91. The van der Waals surface area contributed by atoms with Gasteiger partial charge in [0.05, 0.1) is 18.3 Å². The van der Waals surface area contributed by atoms with E-state index in [-0.39, 0.29) is 11.4 Å². The van der Waals surface area contributed by atoms with E-state index in [9.17, 15) is 9.90 Å². The van der Waals surface area contributed by atoms with Crippen LogP contribution < -0.4 is 0 Å². The van der Waals surface area contributed by atoms with Crippen LogP contribution in [0.4, 0.5) is 0 Å². The Bertz CT molecular complexity index is 406. The second-order valence-corrected chi connectivity index (χ2v) is 5.65. The highest BCUT2D eigenvalue weighted by Crippen LogP contribution is 2.56. The molecule has 3 nitrogen and oxygen atoms in total. The molecule has 0 heterocycles. The first-order chi connectivity index (χ1) is 8.52. The van der Waals surface area contributed by atoms with Crippen molar-refractivity contribution in [1.29, 1.82) is 0 Å². The molecule has 2 aliphatic rings. The van der Waals surface area contributed by atoms with Crippen molar-refractivity contribution in [3.8, 4) is 0 Å². The van der Waals surface area contributed by atoms with Gasteiger partial charge in [-0.05, 0) is 45.4 Å². The topological polar surface area (TPSA) is 46.5 Å². The van der Waals surface area contributed by atoms with Crippen LogP contribution in [0, 0.1) is 5.41 Å². The Morgan fingerprint density at radius 1 is 1.44 bits per heavy atom. The van der Waals surface area contributed by atoms with Gasteiger partial charge in [0.25, 0.3) is 0 Å². The van der Waals surface area contributed by atoms with E-state index in [1.807, 2.05) is 0 Å². The molecule has 0 aromatic rings. The molecular weight excluding hydrogens is 228 g/mol. The summed E-state index contributed by atoms with van der Waals surface area (Å²) >= 11 is 0. The average Bonchev–Trinajstić information content (AvgIpc) is 2.63. The second-order valence-electron chi connectivity index (χ2n) is 5.65. The van der Waals surface area contributed by atoms with Crippen LogP contribution in [0.5, 0.6) is 0 Å². The molecule has 0 aliphatic heterocycles. The average molecular weight is 250 g/mol. The molecule has 0 amide bonds. The molecule has 0 aromatic heterocycles. The zero-order valence-electron chi connectivity index (χ0n) is 11.3. The Kier molecular flexibility index (Phi) is 3.65. The predicted molar refractivity (Wildman–Crippen MR) is 69.0 cm³/mol. The fraction of sp³-hybridized carbons (Fsp3) is 0.733. The maximum absolute atomic E-state index is 11.3. The fourth-order valence-corrected chi connectivity index (χ4v) is 3.47.